The van der Waals surface area contributed by atoms with Gasteiger partial charge in [0.1, 0.15) is 12.4 Å². The predicted molar refractivity (Wildman–Crippen MR) is 116 cm³/mol. The van der Waals surface area contributed by atoms with E-state index in [2.05, 4.69) is 4.37 Å². The molecule has 3 rings (SSSR count). The van der Waals surface area contributed by atoms with Crippen molar-refractivity contribution in [2.75, 3.05) is 20.8 Å². The number of aromatic nitrogens is 1. The lowest BCUT2D eigenvalue weighted by Gasteiger charge is -2.12. The van der Waals surface area contributed by atoms with Gasteiger partial charge in [-0.2, -0.15) is 4.37 Å². The summed E-state index contributed by atoms with van der Waals surface area (Å²) in [5, 5.41) is 0. The van der Waals surface area contributed by atoms with Crippen molar-refractivity contribution in [3.05, 3.63) is 59.2 Å². The van der Waals surface area contributed by atoms with Crippen molar-refractivity contribution in [3.63, 3.8) is 0 Å². The summed E-state index contributed by atoms with van der Waals surface area (Å²) in [6.07, 6.45) is 0.201. The van der Waals surface area contributed by atoms with Gasteiger partial charge >= 0.3 is 5.97 Å². The fourth-order valence-electron chi connectivity index (χ4n) is 3.07. The molecule has 0 fully saturated rings. The molecule has 0 aliphatic heterocycles. The minimum Gasteiger partial charge on any atom is -0.497 e. The highest BCUT2D eigenvalue weighted by Crippen LogP contribution is 2.36. The number of rotatable bonds is 10. The van der Waals surface area contributed by atoms with Crippen molar-refractivity contribution in [1.82, 2.24) is 4.37 Å². The number of hydrogen-bond acceptors (Lipinski definition) is 7. The normalized spacial score (nSPS) is 10.7. The van der Waals surface area contributed by atoms with E-state index in [1.165, 1.54) is 18.6 Å². The third-order valence-corrected chi connectivity index (χ3v) is 5.56. The van der Waals surface area contributed by atoms with Crippen LogP contribution in [0, 0.1) is 11.6 Å². The summed E-state index contributed by atoms with van der Waals surface area (Å²) in [4.78, 5) is 12.2. The van der Waals surface area contributed by atoms with Crippen LogP contribution in [-0.4, -0.2) is 31.2 Å². The molecule has 6 nitrogen and oxygen atoms in total. The lowest BCUT2D eigenvalue weighted by Crippen LogP contribution is -2.06. The lowest BCUT2D eigenvalue weighted by molar-refractivity contribution is -0.143. The van der Waals surface area contributed by atoms with E-state index in [1.807, 2.05) is 12.1 Å². The standard InChI is InChI=1S/C23H23F2NO5S/c1-4-30-20(27)10-5-14-11-18(24)21(19(25)12-14)31-13-17-22(32-26-23(17)29-3)15-6-8-16(28-2)9-7-15/h6-9,11-12H,4-5,10,13H2,1-3H3. The Morgan fingerprint density at radius 2 is 1.75 bits per heavy atom. The summed E-state index contributed by atoms with van der Waals surface area (Å²) >= 11 is 1.20. The predicted octanol–water partition coefficient (Wildman–Crippen LogP) is 5.18. The molecule has 1 heterocycles. The van der Waals surface area contributed by atoms with Crippen molar-refractivity contribution in [2.24, 2.45) is 0 Å². The first-order valence-corrected chi connectivity index (χ1v) is 10.7. The number of ether oxygens (including phenoxy) is 4. The first-order valence-electron chi connectivity index (χ1n) is 9.90. The summed E-state index contributed by atoms with van der Waals surface area (Å²) < 4.78 is 54.2. The van der Waals surface area contributed by atoms with Crippen LogP contribution in [0.5, 0.6) is 17.4 Å². The molecule has 32 heavy (non-hydrogen) atoms. The average Bonchev–Trinajstić information content (AvgIpc) is 3.20. The van der Waals surface area contributed by atoms with Crippen LogP contribution in [0.4, 0.5) is 8.78 Å². The Bertz CT molecular complexity index is 1050. The van der Waals surface area contributed by atoms with Crippen LogP contribution in [0.2, 0.25) is 0 Å². The number of carbonyl (C=O) groups excluding carboxylic acids is 1. The summed E-state index contributed by atoms with van der Waals surface area (Å²) in [5.41, 5.74) is 1.77. The van der Waals surface area contributed by atoms with Gasteiger partial charge < -0.3 is 18.9 Å². The topological polar surface area (TPSA) is 66.9 Å². The Morgan fingerprint density at radius 1 is 1.06 bits per heavy atom. The van der Waals surface area contributed by atoms with Gasteiger partial charge in [-0.05, 0) is 72.4 Å². The zero-order valence-electron chi connectivity index (χ0n) is 17.9. The minimum atomic E-state index is -0.850. The van der Waals surface area contributed by atoms with Crippen LogP contribution < -0.4 is 14.2 Å². The van der Waals surface area contributed by atoms with E-state index in [4.69, 9.17) is 18.9 Å². The molecule has 0 bridgehead atoms. The molecular formula is C23H23F2NO5S. The molecule has 0 unspecified atom stereocenters. The third-order valence-electron chi connectivity index (χ3n) is 4.64. The summed E-state index contributed by atoms with van der Waals surface area (Å²) in [6.45, 7) is 1.81. The zero-order chi connectivity index (χ0) is 23.1. The molecule has 9 heteroatoms. The van der Waals surface area contributed by atoms with E-state index in [-0.39, 0.29) is 26.1 Å². The molecule has 0 amide bonds. The molecule has 0 aliphatic carbocycles. The van der Waals surface area contributed by atoms with Gasteiger partial charge in [-0.1, -0.05) is 0 Å². The van der Waals surface area contributed by atoms with E-state index in [0.29, 0.717) is 22.8 Å². The highest BCUT2D eigenvalue weighted by Gasteiger charge is 2.20. The Kier molecular flexibility index (Phi) is 7.99. The van der Waals surface area contributed by atoms with Crippen LogP contribution in [0.3, 0.4) is 0 Å². The summed E-state index contributed by atoms with van der Waals surface area (Å²) in [5.74, 6) is -1.59. The summed E-state index contributed by atoms with van der Waals surface area (Å²) in [6, 6.07) is 9.64. The number of esters is 1. The number of aryl methyl sites for hydroxylation is 1. The second-order valence-corrected chi connectivity index (χ2v) is 7.48. The number of benzene rings is 2. The molecule has 0 aliphatic rings. The van der Waals surface area contributed by atoms with E-state index in [1.54, 1.807) is 26.2 Å². The highest BCUT2D eigenvalue weighted by atomic mass is 32.1. The minimum absolute atomic E-state index is 0.0376. The van der Waals surface area contributed by atoms with Gasteiger partial charge in [0, 0.05) is 6.42 Å². The molecule has 0 spiro atoms. The quantitative estimate of drug-likeness (QED) is 0.386. The number of hydrogen-bond donors (Lipinski definition) is 0. The zero-order valence-corrected chi connectivity index (χ0v) is 18.8. The lowest BCUT2D eigenvalue weighted by atomic mass is 10.1. The van der Waals surface area contributed by atoms with Crippen LogP contribution in [0.25, 0.3) is 10.4 Å². The smallest absolute Gasteiger partial charge is 0.306 e. The van der Waals surface area contributed by atoms with Gasteiger partial charge in [0.2, 0.25) is 5.88 Å². The molecular weight excluding hydrogens is 440 g/mol. The number of nitrogens with zero attached hydrogens (tertiary/aromatic N) is 1. The van der Waals surface area contributed by atoms with Gasteiger partial charge in [0.25, 0.3) is 0 Å². The molecule has 0 N–H and O–H groups in total. The van der Waals surface area contributed by atoms with Crippen molar-refractivity contribution in [1.29, 1.82) is 0 Å². The average molecular weight is 464 g/mol. The molecule has 0 saturated carbocycles. The van der Waals surface area contributed by atoms with Crippen LogP contribution in [0.15, 0.2) is 36.4 Å². The van der Waals surface area contributed by atoms with E-state index >= 15 is 0 Å². The second kappa shape index (κ2) is 10.9. The largest absolute Gasteiger partial charge is 0.497 e. The van der Waals surface area contributed by atoms with Crippen molar-refractivity contribution >= 4 is 17.5 Å². The monoisotopic (exact) mass is 463 g/mol. The first kappa shape index (κ1) is 23.5. The first-order chi connectivity index (χ1) is 15.5. The van der Waals surface area contributed by atoms with Gasteiger partial charge in [-0.3, -0.25) is 4.79 Å². The van der Waals surface area contributed by atoms with Crippen LogP contribution >= 0.6 is 11.5 Å². The van der Waals surface area contributed by atoms with Gasteiger partial charge in [-0.25, -0.2) is 8.78 Å². The number of halogens is 2. The molecule has 170 valence electrons. The van der Waals surface area contributed by atoms with E-state index < -0.39 is 23.4 Å². The fraction of sp³-hybridized carbons (Fsp3) is 0.304. The molecule has 2 aromatic carbocycles. The van der Waals surface area contributed by atoms with E-state index in [0.717, 1.165) is 22.6 Å². The Labute approximate surface area is 188 Å². The Balaban J connectivity index is 1.77. The molecule has 0 atom stereocenters. The van der Waals surface area contributed by atoms with Gasteiger partial charge in [0.15, 0.2) is 17.4 Å². The molecule has 1 aromatic heterocycles. The van der Waals surface area contributed by atoms with Gasteiger partial charge in [-0.15, -0.1) is 0 Å². The van der Waals surface area contributed by atoms with E-state index in [9.17, 15) is 13.6 Å². The maximum atomic E-state index is 14.6. The molecule has 3 aromatic rings. The van der Waals surface area contributed by atoms with Crippen molar-refractivity contribution in [3.8, 4) is 27.8 Å². The maximum Gasteiger partial charge on any atom is 0.306 e. The Morgan fingerprint density at radius 3 is 2.34 bits per heavy atom. The Hall–Kier alpha value is -3.20. The number of methoxy groups -OCH3 is 2. The molecule has 0 radical (unpaired) electrons. The summed E-state index contributed by atoms with van der Waals surface area (Å²) in [7, 11) is 3.05. The fourth-order valence-corrected chi connectivity index (χ4v) is 3.93. The third kappa shape index (κ3) is 5.53. The molecule has 0 saturated heterocycles. The highest BCUT2D eigenvalue weighted by molar-refractivity contribution is 7.10. The van der Waals surface area contributed by atoms with Crippen molar-refractivity contribution in [2.45, 2.75) is 26.4 Å². The van der Waals surface area contributed by atoms with Crippen molar-refractivity contribution < 1.29 is 32.5 Å². The second-order valence-electron chi connectivity index (χ2n) is 6.71. The van der Waals surface area contributed by atoms with Gasteiger partial charge in [0.05, 0.1) is 31.3 Å². The maximum absolute atomic E-state index is 14.6. The number of carbonyl (C=O) groups is 1. The van der Waals surface area contributed by atoms with Crippen LogP contribution in [-0.2, 0) is 22.6 Å². The van der Waals surface area contributed by atoms with Crippen LogP contribution in [0.1, 0.15) is 24.5 Å². The SMILES string of the molecule is CCOC(=O)CCc1cc(F)c(OCc2c(OC)nsc2-c2ccc(OC)cc2)c(F)c1.